The van der Waals surface area contributed by atoms with Gasteiger partial charge in [0.05, 0.1) is 18.9 Å². The molecular formula is C28H28F2N4O4S. The van der Waals surface area contributed by atoms with Gasteiger partial charge in [0.25, 0.3) is 0 Å². The Labute approximate surface area is 229 Å². The van der Waals surface area contributed by atoms with Crippen LogP contribution in [0.25, 0.3) is 10.8 Å². The van der Waals surface area contributed by atoms with E-state index in [4.69, 9.17) is 4.74 Å². The summed E-state index contributed by atoms with van der Waals surface area (Å²) >= 11 is 1.24. The maximum Gasteiger partial charge on any atom is 0.387 e. The van der Waals surface area contributed by atoms with Gasteiger partial charge in [-0.1, -0.05) is 42.1 Å². The van der Waals surface area contributed by atoms with E-state index in [1.54, 1.807) is 17.0 Å². The van der Waals surface area contributed by atoms with Crippen molar-refractivity contribution < 1.29 is 27.8 Å². The van der Waals surface area contributed by atoms with Gasteiger partial charge in [0.15, 0.2) is 5.17 Å². The van der Waals surface area contributed by atoms with Crippen molar-refractivity contribution in [2.24, 2.45) is 4.99 Å². The van der Waals surface area contributed by atoms with Gasteiger partial charge in [-0.25, -0.2) is 4.99 Å². The number of rotatable bonds is 9. The van der Waals surface area contributed by atoms with Crippen LogP contribution < -0.4 is 10.1 Å². The lowest BCUT2D eigenvalue weighted by Gasteiger charge is -2.28. The van der Waals surface area contributed by atoms with Crippen molar-refractivity contribution in [1.82, 2.24) is 9.80 Å². The first-order valence-corrected chi connectivity index (χ1v) is 13.5. The van der Waals surface area contributed by atoms with Crippen molar-refractivity contribution in [3.63, 3.8) is 0 Å². The summed E-state index contributed by atoms with van der Waals surface area (Å²) in [5, 5.41) is 4.83. The molecule has 2 amide bonds. The lowest BCUT2D eigenvalue weighted by molar-refractivity contribution is -0.128. The highest BCUT2D eigenvalue weighted by atomic mass is 32.2. The molecule has 0 bridgehead atoms. The van der Waals surface area contributed by atoms with E-state index >= 15 is 0 Å². The van der Waals surface area contributed by atoms with E-state index in [1.807, 2.05) is 42.5 Å². The van der Waals surface area contributed by atoms with Crippen LogP contribution >= 0.6 is 11.8 Å². The molecule has 3 aromatic rings. The first-order chi connectivity index (χ1) is 18.9. The van der Waals surface area contributed by atoms with Crippen molar-refractivity contribution in [2.75, 3.05) is 44.7 Å². The van der Waals surface area contributed by atoms with E-state index in [1.165, 1.54) is 23.9 Å². The number of aliphatic imine (C=N–C) groups is 1. The minimum atomic E-state index is -2.91. The van der Waals surface area contributed by atoms with Gasteiger partial charge in [-0.3, -0.25) is 19.4 Å². The number of amidine groups is 1. The van der Waals surface area contributed by atoms with E-state index in [-0.39, 0.29) is 24.0 Å². The third-order valence-electron chi connectivity index (χ3n) is 6.45. The SMILES string of the molecule is O=C(C[C@@H]1SC(=Nc2ccc(OC(F)F)cc2)N(CCN2CCOCC2)C1=O)Nc1ccc2ccccc2c1. The molecule has 1 N–H and O–H groups in total. The molecule has 2 saturated heterocycles. The molecule has 2 heterocycles. The Bertz CT molecular complexity index is 1350. The number of fused-ring (bicyclic) bond motifs is 1. The van der Waals surface area contributed by atoms with Crippen molar-refractivity contribution in [1.29, 1.82) is 0 Å². The third-order valence-corrected chi connectivity index (χ3v) is 7.63. The van der Waals surface area contributed by atoms with E-state index in [0.717, 1.165) is 23.9 Å². The fourth-order valence-electron chi connectivity index (χ4n) is 4.46. The minimum Gasteiger partial charge on any atom is -0.435 e. The number of anilines is 1. The third kappa shape index (κ3) is 7.11. The molecule has 39 heavy (non-hydrogen) atoms. The zero-order chi connectivity index (χ0) is 27.2. The predicted molar refractivity (Wildman–Crippen MR) is 148 cm³/mol. The van der Waals surface area contributed by atoms with Crippen LogP contribution in [-0.4, -0.2) is 78.0 Å². The van der Waals surface area contributed by atoms with Crippen LogP contribution in [0.1, 0.15) is 6.42 Å². The number of halogens is 2. The Balaban J connectivity index is 1.29. The molecule has 0 saturated carbocycles. The number of amides is 2. The van der Waals surface area contributed by atoms with Crippen molar-refractivity contribution in [3.8, 4) is 5.75 Å². The van der Waals surface area contributed by atoms with Gasteiger partial charge in [-0.05, 0) is 47.2 Å². The van der Waals surface area contributed by atoms with Gasteiger partial charge >= 0.3 is 6.61 Å². The maximum atomic E-state index is 13.4. The molecule has 0 spiro atoms. The van der Waals surface area contributed by atoms with Crippen LogP contribution in [0.2, 0.25) is 0 Å². The Morgan fingerprint density at radius 1 is 1.05 bits per heavy atom. The van der Waals surface area contributed by atoms with Gasteiger partial charge in [-0.15, -0.1) is 0 Å². The van der Waals surface area contributed by atoms with Crippen molar-refractivity contribution in [2.45, 2.75) is 18.3 Å². The van der Waals surface area contributed by atoms with Gasteiger partial charge < -0.3 is 14.8 Å². The first kappa shape index (κ1) is 27.0. The maximum absolute atomic E-state index is 13.4. The summed E-state index contributed by atoms with van der Waals surface area (Å²) in [5.41, 5.74) is 1.16. The quantitative estimate of drug-likeness (QED) is 0.412. The summed E-state index contributed by atoms with van der Waals surface area (Å²) in [4.78, 5) is 34.8. The number of carbonyl (C=O) groups excluding carboxylic acids is 2. The van der Waals surface area contributed by atoms with Crippen molar-refractivity contribution in [3.05, 3.63) is 66.7 Å². The lowest BCUT2D eigenvalue weighted by atomic mass is 10.1. The fraction of sp³-hybridized carbons (Fsp3) is 0.321. The second-order valence-corrected chi connectivity index (χ2v) is 10.3. The molecule has 0 aliphatic carbocycles. The standard InChI is InChI=1S/C28H28F2N4O4S/c29-27(30)38-23-9-7-21(8-10-23)32-28-34(12-11-33-13-15-37-16-14-33)26(36)24(39-28)18-25(35)31-22-6-5-19-3-1-2-4-20(19)17-22/h1-10,17,24,27H,11-16,18H2,(H,31,35)/t24-/m0/s1. The number of carbonyl (C=O) groups is 2. The number of benzene rings is 3. The molecule has 204 valence electrons. The summed E-state index contributed by atoms with van der Waals surface area (Å²) in [6.45, 7) is 1.01. The highest BCUT2D eigenvalue weighted by Gasteiger charge is 2.39. The van der Waals surface area contributed by atoms with E-state index in [2.05, 4.69) is 19.9 Å². The molecule has 0 unspecified atom stereocenters. The van der Waals surface area contributed by atoms with E-state index < -0.39 is 11.9 Å². The number of thioether (sulfide) groups is 1. The summed E-state index contributed by atoms with van der Waals surface area (Å²) in [7, 11) is 0. The molecule has 8 nitrogen and oxygen atoms in total. The number of morpholine rings is 1. The van der Waals surface area contributed by atoms with Crippen LogP contribution in [0, 0.1) is 0 Å². The van der Waals surface area contributed by atoms with Crippen LogP contribution in [0.4, 0.5) is 20.2 Å². The number of hydrogen-bond donors (Lipinski definition) is 1. The highest BCUT2D eigenvalue weighted by molar-refractivity contribution is 8.15. The fourth-order valence-corrected chi connectivity index (χ4v) is 5.64. The minimum absolute atomic E-state index is 0.00936. The Kier molecular flexibility index (Phi) is 8.70. The van der Waals surface area contributed by atoms with Crippen LogP contribution in [0.15, 0.2) is 71.7 Å². The smallest absolute Gasteiger partial charge is 0.387 e. The molecule has 11 heteroatoms. The Morgan fingerprint density at radius 2 is 1.79 bits per heavy atom. The van der Waals surface area contributed by atoms with Crippen molar-refractivity contribution >= 4 is 50.9 Å². The Morgan fingerprint density at radius 3 is 2.54 bits per heavy atom. The highest BCUT2D eigenvalue weighted by Crippen LogP contribution is 2.32. The molecular weight excluding hydrogens is 526 g/mol. The predicted octanol–water partition coefficient (Wildman–Crippen LogP) is 4.73. The summed E-state index contributed by atoms with van der Waals surface area (Å²) < 4.78 is 34.8. The Hall–Kier alpha value is -3.54. The largest absolute Gasteiger partial charge is 0.435 e. The summed E-state index contributed by atoms with van der Waals surface area (Å²) in [6, 6.07) is 19.5. The molecule has 2 aliphatic rings. The molecule has 2 aliphatic heterocycles. The number of ether oxygens (including phenoxy) is 2. The molecule has 0 radical (unpaired) electrons. The number of hydrogen-bond acceptors (Lipinski definition) is 7. The summed E-state index contributed by atoms with van der Waals surface area (Å²) in [5.74, 6) is -0.422. The van der Waals surface area contributed by atoms with Gasteiger partial charge in [0.1, 0.15) is 11.0 Å². The average Bonchev–Trinajstić information content (AvgIpc) is 3.21. The topological polar surface area (TPSA) is 83.5 Å². The zero-order valence-electron chi connectivity index (χ0n) is 21.1. The monoisotopic (exact) mass is 554 g/mol. The van der Waals surface area contributed by atoms with Gasteiger partial charge in [0, 0.05) is 38.3 Å². The second-order valence-electron chi connectivity index (χ2n) is 9.13. The van der Waals surface area contributed by atoms with E-state index in [0.29, 0.717) is 42.8 Å². The molecule has 1 atom stereocenters. The van der Waals surface area contributed by atoms with Crippen LogP contribution in [-0.2, 0) is 14.3 Å². The second kappa shape index (κ2) is 12.5. The number of alkyl halides is 2. The molecule has 5 rings (SSSR count). The van der Waals surface area contributed by atoms with Gasteiger partial charge in [-0.2, -0.15) is 8.78 Å². The van der Waals surface area contributed by atoms with Crippen LogP contribution in [0.3, 0.4) is 0 Å². The normalized spacial score (nSPS) is 19.3. The molecule has 0 aromatic heterocycles. The summed E-state index contributed by atoms with van der Waals surface area (Å²) in [6.07, 6.45) is -0.00936. The molecule has 3 aromatic carbocycles. The molecule has 2 fully saturated rings. The van der Waals surface area contributed by atoms with Gasteiger partial charge in [0.2, 0.25) is 11.8 Å². The van der Waals surface area contributed by atoms with Crippen LogP contribution in [0.5, 0.6) is 5.75 Å². The zero-order valence-corrected chi connectivity index (χ0v) is 21.9. The number of nitrogens with one attached hydrogen (secondary N) is 1. The first-order valence-electron chi connectivity index (χ1n) is 12.6. The lowest BCUT2D eigenvalue weighted by Crippen LogP contribution is -2.43. The van der Waals surface area contributed by atoms with E-state index in [9.17, 15) is 18.4 Å². The average molecular weight is 555 g/mol. The number of nitrogens with zero attached hydrogens (tertiary/aromatic N) is 3.